The first-order valence-corrected chi connectivity index (χ1v) is 10.1. The van der Waals surface area contributed by atoms with Crippen LogP contribution in [0.2, 0.25) is 0 Å². The van der Waals surface area contributed by atoms with E-state index in [0.29, 0.717) is 12.5 Å². The third-order valence-corrected chi connectivity index (χ3v) is 4.39. The molecule has 0 rings (SSSR count). The topological polar surface area (TPSA) is 47.8 Å². The van der Waals surface area contributed by atoms with E-state index in [1.165, 1.54) is 77.0 Å². The summed E-state index contributed by atoms with van der Waals surface area (Å²) in [4.78, 5) is 0. The zero-order valence-corrected chi connectivity index (χ0v) is 15.8. The lowest BCUT2D eigenvalue weighted by molar-refractivity contribution is 0.492. The van der Waals surface area contributed by atoms with Gasteiger partial charge in [0, 0.05) is 25.6 Å². The molecule has 3 heteroatoms. The number of nitriles is 1. The molecule has 0 amide bonds. The molecule has 0 aliphatic rings. The molecule has 23 heavy (non-hydrogen) atoms. The molecule has 0 aliphatic carbocycles. The Morgan fingerprint density at radius 3 is 1.83 bits per heavy atom. The average Bonchev–Trinajstić information content (AvgIpc) is 2.55. The van der Waals surface area contributed by atoms with E-state index in [1.807, 2.05) is 0 Å². The minimum absolute atomic E-state index is 0.459. The predicted molar refractivity (Wildman–Crippen MR) is 102 cm³/mol. The van der Waals surface area contributed by atoms with Gasteiger partial charge in [-0.3, -0.25) is 0 Å². The molecule has 2 N–H and O–H groups in total. The van der Waals surface area contributed by atoms with E-state index in [4.69, 9.17) is 5.26 Å². The molecular formula is C20H41N3. The molecule has 0 aromatic carbocycles. The molecular weight excluding hydrogens is 282 g/mol. The number of nitrogens with zero attached hydrogens (tertiary/aromatic N) is 1. The van der Waals surface area contributed by atoms with Crippen LogP contribution in [0, 0.1) is 11.3 Å². The van der Waals surface area contributed by atoms with Crippen LogP contribution in [0.25, 0.3) is 0 Å². The van der Waals surface area contributed by atoms with E-state index in [-0.39, 0.29) is 0 Å². The maximum atomic E-state index is 8.48. The second-order valence-corrected chi connectivity index (χ2v) is 6.86. The molecule has 3 nitrogen and oxygen atoms in total. The molecule has 0 radical (unpaired) electrons. The van der Waals surface area contributed by atoms with E-state index in [0.717, 1.165) is 19.6 Å². The zero-order chi connectivity index (χ0) is 17.0. The van der Waals surface area contributed by atoms with Crippen LogP contribution in [-0.2, 0) is 0 Å². The van der Waals surface area contributed by atoms with Crippen molar-refractivity contribution in [2.45, 2.75) is 103 Å². The SMILES string of the molecule is CCCCCCCCCCCCCCNCC(C)NCCC#N. The summed E-state index contributed by atoms with van der Waals surface area (Å²) in [6.45, 7) is 7.39. The molecule has 0 aromatic heterocycles. The van der Waals surface area contributed by atoms with Gasteiger partial charge in [-0.15, -0.1) is 0 Å². The van der Waals surface area contributed by atoms with Crippen molar-refractivity contribution in [2.24, 2.45) is 0 Å². The predicted octanol–water partition coefficient (Wildman–Crippen LogP) is 5.17. The minimum atomic E-state index is 0.459. The van der Waals surface area contributed by atoms with Crippen LogP contribution in [0.1, 0.15) is 97.3 Å². The van der Waals surface area contributed by atoms with Gasteiger partial charge in [-0.25, -0.2) is 0 Å². The third-order valence-electron chi connectivity index (χ3n) is 4.39. The summed E-state index contributed by atoms with van der Waals surface area (Å²) in [5.41, 5.74) is 0. The van der Waals surface area contributed by atoms with Gasteiger partial charge in [0.25, 0.3) is 0 Å². The first-order chi connectivity index (χ1) is 11.3. The van der Waals surface area contributed by atoms with Gasteiger partial charge in [-0.05, 0) is 19.9 Å². The van der Waals surface area contributed by atoms with Gasteiger partial charge >= 0.3 is 0 Å². The van der Waals surface area contributed by atoms with Gasteiger partial charge in [0.1, 0.15) is 0 Å². The highest BCUT2D eigenvalue weighted by Crippen LogP contribution is 2.11. The van der Waals surface area contributed by atoms with Crippen LogP contribution in [0.3, 0.4) is 0 Å². The quantitative estimate of drug-likeness (QED) is 0.342. The molecule has 1 atom stereocenters. The number of hydrogen-bond acceptors (Lipinski definition) is 3. The standard InChI is InChI=1S/C20H41N3/c1-3-4-5-6-7-8-9-10-11-12-13-14-17-22-19-20(2)23-18-15-16-21/h20,22-23H,3-15,17-19H2,1-2H3. The molecule has 0 heterocycles. The van der Waals surface area contributed by atoms with Crippen LogP contribution in [0.4, 0.5) is 0 Å². The lowest BCUT2D eigenvalue weighted by Crippen LogP contribution is -2.37. The molecule has 0 fully saturated rings. The molecule has 0 bridgehead atoms. The highest BCUT2D eigenvalue weighted by atomic mass is 15.0. The highest BCUT2D eigenvalue weighted by molar-refractivity contribution is 4.72. The second kappa shape index (κ2) is 19.5. The number of nitrogens with one attached hydrogen (secondary N) is 2. The Bertz CT molecular complexity index is 260. The first-order valence-electron chi connectivity index (χ1n) is 10.1. The van der Waals surface area contributed by atoms with Crippen molar-refractivity contribution in [2.75, 3.05) is 19.6 Å². The summed E-state index contributed by atoms with van der Waals surface area (Å²) in [7, 11) is 0. The van der Waals surface area contributed by atoms with Crippen molar-refractivity contribution in [3.8, 4) is 6.07 Å². The maximum absolute atomic E-state index is 8.48. The molecule has 0 saturated heterocycles. The molecule has 0 spiro atoms. The van der Waals surface area contributed by atoms with Gasteiger partial charge < -0.3 is 10.6 Å². The molecule has 1 unspecified atom stereocenters. The first kappa shape index (κ1) is 22.4. The fourth-order valence-corrected chi connectivity index (χ4v) is 2.86. The van der Waals surface area contributed by atoms with E-state index in [1.54, 1.807) is 0 Å². The minimum Gasteiger partial charge on any atom is -0.315 e. The Kier molecular flexibility index (Phi) is 19.0. The largest absolute Gasteiger partial charge is 0.315 e. The zero-order valence-electron chi connectivity index (χ0n) is 15.8. The Balaban J connectivity index is 3.06. The molecule has 136 valence electrons. The van der Waals surface area contributed by atoms with Gasteiger partial charge in [0.15, 0.2) is 0 Å². The summed E-state index contributed by atoms with van der Waals surface area (Å²) in [5.74, 6) is 0. The Hall–Kier alpha value is -0.590. The lowest BCUT2D eigenvalue weighted by Gasteiger charge is -2.13. The Labute approximate surface area is 145 Å². The van der Waals surface area contributed by atoms with Gasteiger partial charge in [0.2, 0.25) is 0 Å². The second-order valence-electron chi connectivity index (χ2n) is 6.86. The normalized spacial score (nSPS) is 12.2. The molecule has 0 saturated carbocycles. The van der Waals surface area contributed by atoms with Crippen molar-refractivity contribution in [3.05, 3.63) is 0 Å². The average molecular weight is 324 g/mol. The van der Waals surface area contributed by atoms with E-state index in [9.17, 15) is 0 Å². The Morgan fingerprint density at radius 2 is 1.30 bits per heavy atom. The molecule has 0 aliphatic heterocycles. The number of hydrogen-bond donors (Lipinski definition) is 2. The van der Waals surface area contributed by atoms with Crippen molar-refractivity contribution < 1.29 is 0 Å². The van der Waals surface area contributed by atoms with Crippen LogP contribution >= 0.6 is 0 Å². The van der Waals surface area contributed by atoms with Crippen molar-refractivity contribution in [1.82, 2.24) is 10.6 Å². The fraction of sp³-hybridized carbons (Fsp3) is 0.950. The lowest BCUT2D eigenvalue weighted by atomic mass is 10.1. The van der Waals surface area contributed by atoms with Crippen LogP contribution in [0.15, 0.2) is 0 Å². The smallest absolute Gasteiger partial charge is 0.0635 e. The Morgan fingerprint density at radius 1 is 0.783 bits per heavy atom. The fourth-order valence-electron chi connectivity index (χ4n) is 2.86. The van der Waals surface area contributed by atoms with Crippen molar-refractivity contribution in [1.29, 1.82) is 5.26 Å². The summed E-state index contributed by atoms with van der Waals surface area (Å²) in [5, 5.41) is 15.3. The van der Waals surface area contributed by atoms with E-state index in [2.05, 4.69) is 30.6 Å². The highest BCUT2D eigenvalue weighted by Gasteiger charge is 1.99. The van der Waals surface area contributed by atoms with Crippen molar-refractivity contribution in [3.63, 3.8) is 0 Å². The van der Waals surface area contributed by atoms with Gasteiger partial charge in [0.05, 0.1) is 6.07 Å². The monoisotopic (exact) mass is 323 g/mol. The number of unbranched alkanes of at least 4 members (excludes halogenated alkanes) is 11. The third kappa shape index (κ3) is 19.4. The van der Waals surface area contributed by atoms with Gasteiger partial charge in [-0.2, -0.15) is 5.26 Å². The van der Waals surface area contributed by atoms with Crippen LogP contribution < -0.4 is 10.6 Å². The summed E-state index contributed by atoms with van der Waals surface area (Å²) >= 11 is 0. The maximum Gasteiger partial charge on any atom is 0.0635 e. The van der Waals surface area contributed by atoms with E-state index >= 15 is 0 Å². The molecule has 0 aromatic rings. The summed E-state index contributed by atoms with van der Waals surface area (Å²) in [6, 6.07) is 2.62. The summed E-state index contributed by atoms with van der Waals surface area (Å²) in [6.07, 6.45) is 17.5. The van der Waals surface area contributed by atoms with Gasteiger partial charge in [-0.1, -0.05) is 77.6 Å². The van der Waals surface area contributed by atoms with Crippen molar-refractivity contribution >= 4 is 0 Å². The number of rotatable bonds is 18. The van der Waals surface area contributed by atoms with E-state index < -0.39 is 0 Å². The van der Waals surface area contributed by atoms with Crippen LogP contribution in [0.5, 0.6) is 0 Å². The van der Waals surface area contributed by atoms with Crippen LogP contribution in [-0.4, -0.2) is 25.7 Å². The summed E-state index contributed by atoms with van der Waals surface area (Å²) < 4.78 is 0.